The van der Waals surface area contributed by atoms with Crippen LogP contribution in [0.3, 0.4) is 0 Å². The molecule has 2 N–H and O–H groups in total. The molecule has 0 aromatic heterocycles. The maximum Gasteiger partial charge on any atom is 0.168 e. The fraction of sp³-hybridized carbons (Fsp3) is 0.294. The van der Waals surface area contributed by atoms with Crippen LogP contribution in [0.15, 0.2) is 30.3 Å². The van der Waals surface area contributed by atoms with Gasteiger partial charge in [-0.2, -0.15) is 0 Å². The Morgan fingerprint density at radius 1 is 0.955 bits per heavy atom. The molecule has 0 aliphatic heterocycles. The van der Waals surface area contributed by atoms with Crippen LogP contribution < -0.4 is 19.9 Å². The van der Waals surface area contributed by atoms with Gasteiger partial charge in [0.15, 0.2) is 11.5 Å². The molecule has 0 aliphatic rings. The van der Waals surface area contributed by atoms with Crippen molar-refractivity contribution in [3.63, 3.8) is 0 Å². The molecular weight excluding hydrogens is 285 g/mol. The van der Waals surface area contributed by atoms with E-state index in [-0.39, 0.29) is 6.04 Å². The molecule has 22 heavy (non-hydrogen) atoms. The van der Waals surface area contributed by atoms with Gasteiger partial charge in [0.2, 0.25) is 0 Å². The lowest BCUT2D eigenvalue weighted by Gasteiger charge is -2.17. The molecular formula is C17H20FNO3. The number of nitrogens with two attached hydrogens (primary N) is 1. The molecule has 0 aliphatic carbocycles. The molecule has 2 rings (SSSR count). The Morgan fingerprint density at radius 3 is 2.18 bits per heavy atom. The van der Waals surface area contributed by atoms with E-state index >= 15 is 0 Å². The molecule has 0 saturated heterocycles. The Hall–Kier alpha value is -2.27. The van der Waals surface area contributed by atoms with Crippen molar-refractivity contribution in [2.45, 2.75) is 13.0 Å². The van der Waals surface area contributed by atoms with Gasteiger partial charge in [0.1, 0.15) is 11.6 Å². The van der Waals surface area contributed by atoms with Crippen LogP contribution >= 0.6 is 0 Å². The van der Waals surface area contributed by atoms with Crippen LogP contribution in [-0.2, 0) is 0 Å². The molecule has 0 heterocycles. The molecule has 2 aromatic rings. The summed E-state index contributed by atoms with van der Waals surface area (Å²) in [6.45, 7) is 1.86. The first-order valence-corrected chi connectivity index (χ1v) is 6.87. The number of benzene rings is 2. The van der Waals surface area contributed by atoms with Gasteiger partial charge < -0.3 is 19.9 Å². The van der Waals surface area contributed by atoms with E-state index in [9.17, 15) is 4.39 Å². The molecule has 0 fully saturated rings. The summed E-state index contributed by atoms with van der Waals surface area (Å²) in [5, 5.41) is 0. The lowest BCUT2D eigenvalue weighted by molar-refractivity contribution is 0.355. The quantitative estimate of drug-likeness (QED) is 0.918. The van der Waals surface area contributed by atoms with Crippen LogP contribution in [0.4, 0.5) is 4.39 Å². The minimum atomic E-state index is -0.401. The third-order valence-electron chi connectivity index (χ3n) is 3.49. The minimum Gasteiger partial charge on any atom is -0.497 e. The van der Waals surface area contributed by atoms with E-state index in [2.05, 4.69) is 0 Å². The van der Waals surface area contributed by atoms with E-state index in [4.69, 9.17) is 19.9 Å². The fourth-order valence-electron chi connectivity index (χ4n) is 2.29. The van der Waals surface area contributed by atoms with Gasteiger partial charge in [0, 0.05) is 23.2 Å². The number of halogens is 1. The predicted octanol–water partition coefficient (Wildman–Crippen LogP) is 3.54. The van der Waals surface area contributed by atoms with Crippen molar-refractivity contribution in [1.82, 2.24) is 0 Å². The number of hydrogen-bond acceptors (Lipinski definition) is 4. The summed E-state index contributed by atoms with van der Waals surface area (Å²) in [7, 11) is 4.56. The Bertz CT molecular complexity index is 671. The zero-order chi connectivity index (χ0) is 16.3. The van der Waals surface area contributed by atoms with Gasteiger partial charge in [-0.3, -0.25) is 0 Å². The van der Waals surface area contributed by atoms with Crippen molar-refractivity contribution in [3.05, 3.63) is 41.7 Å². The van der Waals surface area contributed by atoms with Gasteiger partial charge in [-0.15, -0.1) is 0 Å². The first-order chi connectivity index (χ1) is 10.5. The molecule has 0 spiro atoms. The van der Waals surface area contributed by atoms with Crippen molar-refractivity contribution >= 4 is 0 Å². The molecule has 0 radical (unpaired) electrons. The second-order valence-corrected chi connectivity index (χ2v) is 4.94. The third-order valence-corrected chi connectivity index (χ3v) is 3.49. The van der Waals surface area contributed by atoms with E-state index in [1.54, 1.807) is 18.2 Å². The first kappa shape index (κ1) is 16.1. The smallest absolute Gasteiger partial charge is 0.168 e. The van der Waals surface area contributed by atoms with Gasteiger partial charge in [0.25, 0.3) is 0 Å². The van der Waals surface area contributed by atoms with Crippen LogP contribution in [0, 0.1) is 5.82 Å². The van der Waals surface area contributed by atoms with Crippen LogP contribution in [0.2, 0.25) is 0 Å². The SMILES string of the molecule is COc1ccc(-c2cc(C(C)N)cc(OC)c2OC)c(F)c1. The van der Waals surface area contributed by atoms with Crippen LogP contribution in [0.25, 0.3) is 11.1 Å². The number of methoxy groups -OCH3 is 3. The monoisotopic (exact) mass is 305 g/mol. The van der Waals surface area contributed by atoms with Gasteiger partial charge in [-0.1, -0.05) is 0 Å². The predicted molar refractivity (Wildman–Crippen MR) is 84.1 cm³/mol. The highest BCUT2D eigenvalue weighted by molar-refractivity contribution is 5.76. The van der Waals surface area contributed by atoms with E-state index in [1.165, 1.54) is 27.4 Å². The van der Waals surface area contributed by atoms with Crippen LogP contribution in [0.5, 0.6) is 17.2 Å². The zero-order valence-corrected chi connectivity index (χ0v) is 13.1. The summed E-state index contributed by atoms with van der Waals surface area (Å²) < 4.78 is 30.2. The van der Waals surface area contributed by atoms with Gasteiger partial charge in [-0.05, 0) is 36.8 Å². The lowest BCUT2D eigenvalue weighted by atomic mass is 9.98. The Kier molecular flexibility index (Phi) is 4.88. The minimum absolute atomic E-state index is 0.208. The molecule has 0 saturated carbocycles. The molecule has 2 aromatic carbocycles. The first-order valence-electron chi connectivity index (χ1n) is 6.87. The topological polar surface area (TPSA) is 53.7 Å². The van der Waals surface area contributed by atoms with Crippen LogP contribution in [-0.4, -0.2) is 21.3 Å². The van der Waals surface area contributed by atoms with E-state index in [0.29, 0.717) is 28.4 Å². The molecule has 0 amide bonds. The molecule has 1 unspecified atom stereocenters. The standard InChI is InChI=1S/C17H20FNO3/c1-10(19)11-7-14(17(22-4)16(8-11)21-3)13-6-5-12(20-2)9-15(13)18/h5-10H,19H2,1-4H3. The van der Waals surface area contributed by atoms with Crippen molar-refractivity contribution in [2.24, 2.45) is 5.73 Å². The maximum atomic E-state index is 14.4. The average molecular weight is 305 g/mol. The summed E-state index contributed by atoms with van der Waals surface area (Å²) in [6.07, 6.45) is 0. The normalized spacial score (nSPS) is 11.9. The summed E-state index contributed by atoms with van der Waals surface area (Å²) in [5.41, 5.74) is 7.78. The lowest BCUT2D eigenvalue weighted by Crippen LogP contribution is -2.06. The van der Waals surface area contributed by atoms with E-state index in [1.807, 2.05) is 13.0 Å². The highest BCUT2D eigenvalue weighted by Gasteiger charge is 2.18. The third kappa shape index (κ3) is 2.99. The number of rotatable bonds is 5. The van der Waals surface area contributed by atoms with Gasteiger partial charge in [0.05, 0.1) is 21.3 Å². The Balaban J connectivity index is 2.69. The van der Waals surface area contributed by atoms with Crippen LogP contribution in [0.1, 0.15) is 18.5 Å². The molecule has 5 heteroatoms. The highest BCUT2D eigenvalue weighted by atomic mass is 19.1. The maximum absolute atomic E-state index is 14.4. The van der Waals surface area contributed by atoms with Crippen molar-refractivity contribution in [2.75, 3.05) is 21.3 Å². The number of ether oxygens (including phenoxy) is 3. The van der Waals surface area contributed by atoms with Gasteiger partial charge in [-0.25, -0.2) is 4.39 Å². The summed E-state index contributed by atoms with van der Waals surface area (Å²) in [4.78, 5) is 0. The fourth-order valence-corrected chi connectivity index (χ4v) is 2.29. The van der Waals surface area contributed by atoms with E-state index in [0.717, 1.165) is 5.56 Å². The molecule has 1 atom stereocenters. The summed E-state index contributed by atoms with van der Waals surface area (Å²) in [5.74, 6) is 1.04. The second-order valence-electron chi connectivity index (χ2n) is 4.94. The zero-order valence-electron chi connectivity index (χ0n) is 13.1. The Labute approximate surface area is 129 Å². The molecule has 118 valence electrons. The Morgan fingerprint density at radius 2 is 1.68 bits per heavy atom. The highest BCUT2D eigenvalue weighted by Crippen LogP contribution is 2.41. The van der Waals surface area contributed by atoms with Crippen molar-refractivity contribution < 1.29 is 18.6 Å². The van der Waals surface area contributed by atoms with Gasteiger partial charge >= 0.3 is 0 Å². The number of hydrogen-bond donors (Lipinski definition) is 1. The summed E-state index contributed by atoms with van der Waals surface area (Å²) in [6, 6.07) is 8.09. The second kappa shape index (κ2) is 6.66. The molecule has 0 bridgehead atoms. The molecule has 4 nitrogen and oxygen atoms in total. The largest absolute Gasteiger partial charge is 0.497 e. The van der Waals surface area contributed by atoms with Crippen molar-refractivity contribution in [1.29, 1.82) is 0 Å². The summed E-state index contributed by atoms with van der Waals surface area (Å²) >= 11 is 0. The van der Waals surface area contributed by atoms with E-state index < -0.39 is 5.82 Å². The average Bonchev–Trinajstić information content (AvgIpc) is 2.53. The van der Waals surface area contributed by atoms with Crippen molar-refractivity contribution in [3.8, 4) is 28.4 Å².